The van der Waals surface area contributed by atoms with Crippen LogP contribution in [-0.4, -0.2) is 19.1 Å². The van der Waals surface area contributed by atoms with Crippen molar-refractivity contribution in [2.45, 2.75) is 6.42 Å². The topological polar surface area (TPSA) is 88.1 Å². The minimum absolute atomic E-state index is 0.0840. The number of benzene rings is 2. The van der Waals surface area contributed by atoms with Crippen LogP contribution < -0.4 is 15.8 Å². The fourth-order valence-electron chi connectivity index (χ4n) is 1.87. The zero-order valence-electron chi connectivity index (χ0n) is 10.9. The van der Waals surface area contributed by atoms with Crippen LogP contribution in [0.25, 0.3) is 10.8 Å². The van der Waals surface area contributed by atoms with Crippen molar-refractivity contribution < 1.29 is 9.53 Å². The van der Waals surface area contributed by atoms with Gasteiger partial charge in [-0.3, -0.25) is 4.79 Å². The van der Waals surface area contributed by atoms with Crippen LogP contribution in [0.3, 0.4) is 0 Å². The molecule has 2 aromatic carbocycles. The molecule has 0 saturated carbocycles. The van der Waals surface area contributed by atoms with Gasteiger partial charge in [0.25, 0.3) is 5.91 Å². The number of hydrogen-bond donors (Lipinski definition) is 2. The zero-order valence-corrected chi connectivity index (χ0v) is 10.9. The molecular weight excluding hydrogens is 254 g/mol. The number of nitrogens with zero attached hydrogens (tertiary/aromatic N) is 1. The number of nitrogen functional groups attached to an aromatic ring is 1. The van der Waals surface area contributed by atoms with Gasteiger partial charge in [0.15, 0.2) is 6.61 Å². The highest BCUT2D eigenvalue weighted by atomic mass is 16.5. The summed E-state index contributed by atoms with van der Waals surface area (Å²) < 4.78 is 5.52. The Morgan fingerprint density at radius 2 is 2.00 bits per heavy atom. The van der Waals surface area contributed by atoms with Gasteiger partial charge >= 0.3 is 0 Å². The third kappa shape index (κ3) is 3.18. The number of nitriles is 1. The smallest absolute Gasteiger partial charge is 0.257 e. The molecule has 5 heteroatoms. The Kier molecular flexibility index (Phi) is 4.40. The van der Waals surface area contributed by atoms with Gasteiger partial charge in [-0.25, -0.2) is 0 Å². The van der Waals surface area contributed by atoms with Gasteiger partial charge < -0.3 is 15.8 Å². The number of anilines is 1. The summed E-state index contributed by atoms with van der Waals surface area (Å²) in [4.78, 5) is 11.5. The van der Waals surface area contributed by atoms with Gasteiger partial charge in [-0.15, -0.1) is 0 Å². The molecule has 3 N–H and O–H groups in total. The van der Waals surface area contributed by atoms with Crippen LogP contribution in [0.2, 0.25) is 0 Å². The first-order chi connectivity index (χ1) is 9.72. The minimum Gasteiger partial charge on any atom is -0.483 e. The molecule has 0 aliphatic carbocycles. The molecule has 0 spiro atoms. The number of ether oxygens (including phenoxy) is 1. The van der Waals surface area contributed by atoms with Gasteiger partial charge in [0.2, 0.25) is 0 Å². The molecule has 0 bridgehead atoms. The first-order valence-electron chi connectivity index (χ1n) is 6.26. The van der Waals surface area contributed by atoms with Crippen molar-refractivity contribution in [2.75, 3.05) is 18.9 Å². The lowest BCUT2D eigenvalue weighted by Crippen LogP contribution is -2.29. The predicted molar refractivity (Wildman–Crippen MR) is 77.1 cm³/mol. The second-order valence-electron chi connectivity index (χ2n) is 4.25. The number of hydrogen-bond acceptors (Lipinski definition) is 4. The third-order valence-electron chi connectivity index (χ3n) is 2.84. The number of amides is 1. The van der Waals surface area contributed by atoms with E-state index in [2.05, 4.69) is 5.32 Å². The first-order valence-corrected chi connectivity index (χ1v) is 6.26. The van der Waals surface area contributed by atoms with E-state index in [1.54, 1.807) is 12.1 Å². The highest BCUT2D eigenvalue weighted by Gasteiger charge is 2.07. The van der Waals surface area contributed by atoms with E-state index in [0.717, 1.165) is 10.8 Å². The molecule has 0 fully saturated rings. The van der Waals surface area contributed by atoms with E-state index in [1.807, 2.05) is 30.3 Å². The van der Waals surface area contributed by atoms with E-state index in [9.17, 15) is 4.79 Å². The van der Waals surface area contributed by atoms with Crippen LogP contribution >= 0.6 is 0 Å². The molecule has 2 aromatic rings. The molecule has 0 atom stereocenters. The van der Waals surface area contributed by atoms with Gasteiger partial charge in [-0.05, 0) is 12.1 Å². The number of carbonyl (C=O) groups is 1. The predicted octanol–water partition coefficient (Wildman–Crippen LogP) is 1.83. The highest BCUT2D eigenvalue weighted by Crippen LogP contribution is 2.29. The number of nitrogens with two attached hydrogens (primary N) is 1. The maximum absolute atomic E-state index is 11.5. The lowest BCUT2D eigenvalue weighted by atomic mass is 10.1. The Bertz CT molecular complexity index is 662. The molecule has 0 aliphatic rings. The third-order valence-corrected chi connectivity index (χ3v) is 2.84. The summed E-state index contributed by atoms with van der Waals surface area (Å²) >= 11 is 0. The van der Waals surface area contributed by atoms with Crippen LogP contribution in [0.5, 0.6) is 5.75 Å². The van der Waals surface area contributed by atoms with Crippen LogP contribution in [0.15, 0.2) is 36.4 Å². The van der Waals surface area contributed by atoms with Crippen LogP contribution in [-0.2, 0) is 4.79 Å². The molecule has 0 aromatic heterocycles. The molecule has 1 amide bonds. The largest absolute Gasteiger partial charge is 0.483 e. The van der Waals surface area contributed by atoms with E-state index in [1.165, 1.54) is 0 Å². The van der Waals surface area contributed by atoms with Crippen molar-refractivity contribution in [3.8, 4) is 11.8 Å². The van der Waals surface area contributed by atoms with E-state index >= 15 is 0 Å². The van der Waals surface area contributed by atoms with Crippen LogP contribution in [0, 0.1) is 11.3 Å². The number of fused-ring (bicyclic) bond motifs is 1. The fourth-order valence-corrected chi connectivity index (χ4v) is 1.87. The molecule has 0 saturated heterocycles. The molecule has 5 nitrogen and oxygen atoms in total. The maximum Gasteiger partial charge on any atom is 0.257 e. The Morgan fingerprint density at radius 1 is 1.25 bits per heavy atom. The standard InChI is InChI=1S/C15H15N3O2/c16-8-3-9-18-15(19)10-20-14-7-6-13(17)11-4-1-2-5-12(11)14/h1-2,4-7H,3,9-10,17H2,(H,18,19). The lowest BCUT2D eigenvalue weighted by molar-refractivity contribution is -0.123. The van der Waals surface area contributed by atoms with E-state index in [4.69, 9.17) is 15.7 Å². The van der Waals surface area contributed by atoms with Crippen molar-refractivity contribution in [3.63, 3.8) is 0 Å². The average molecular weight is 269 g/mol. The van der Waals surface area contributed by atoms with Crippen molar-refractivity contribution >= 4 is 22.4 Å². The summed E-state index contributed by atoms with van der Waals surface area (Å²) in [7, 11) is 0. The SMILES string of the molecule is N#CCCNC(=O)COc1ccc(N)c2ccccc12. The minimum atomic E-state index is -0.249. The summed E-state index contributed by atoms with van der Waals surface area (Å²) in [5, 5.41) is 12.8. The molecule has 0 aliphatic heterocycles. The van der Waals surface area contributed by atoms with Crippen molar-refractivity contribution in [1.29, 1.82) is 5.26 Å². The Balaban J connectivity index is 2.06. The summed E-state index contributed by atoms with van der Waals surface area (Å²) in [5.41, 5.74) is 6.57. The monoisotopic (exact) mass is 269 g/mol. The van der Waals surface area contributed by atoms with Crippen LogP contribution in [0.4, 0.5) is 5.69 Å². The molecule has 2 rings (SSSR count). The van der Waals surface area contributed by atoms with E-state index < -0.39 is 0 Å². The number of nitrogens with one attached hydrogen (secondary N) is 1. The Labute approximate surface area is 116 Å². The summed E-state index contributed by atoms with van der Waals surface area (Å²) in [6.07, 6.45) is 0.288. The van der Waals surface area contributed by atoms with E-state index in [0.29, 0.717) is 18.0 Å². The molecular formula is C15H15N3O2. The van der Waals surface area contributed by atoms with Gasteiger partial charge in [0, 0.05) is 23.0 Å². The zero-order chi connectivity index (χ0) is 14.4. The maximum atomic E-state index is 11.5. The van der Waals surface area contributed by atoms with Crippen molar-refractivity contribution in [2.24, 2.45) is 0 Å². The average Bonchev–Trinajstić information content (AvgIpc) is 2.47. The van der Waals surface area contributed by atoms with Crippen molar-refractivity contribution in [1.82, 2.24) is 5.32 Å². The summed E-state index contributed by atoms with van der Waals surface area (Å²) in [5.74, 6) is 0.367. The van der Waals surface area contributed by atoms with Crippen molar-refractivity contribution in [3.05, 3.63) is 36.4 Å². The molecule has 0 heterocycles. The first kappa shape index (κ1) is 13.7. The highest BCUT2D eigenvalue weighted by molar-refractivity contribution is 5.97. The molecule has 0 radical (unpaired) electrons. The number of rotatable bonds is 5. The summed E-state index contributed by atoms with van der Waals surface area (Å²) in [6.45, 7) is 0.251. The molecule has 102 valence electrons. The van der Waals surface area contributed by atoms with Crippen LogP contribution in [0.1, 0.15) is 6.42 Å². The fraction of sp³-hybridized carbons (Fsp3) is 0.200. The normalized spacial score (nSPS) is 9.95. The quantitative estimate of drug-likeness (QED) is 0.640. The summed E-state index contributed by atoms with van der Waals surface area (Å²) in [6, 6.07) is 13.1. The van der Waals surface area contributed by atoms with Gasteiger partial charge in [0.1, 0.15) is 5.75 Å². The number of carbonyl (C=O) groups excluding carboxylic acids is 1. The Hall–Kier alpha value is -2.74. The second kappa shape index (κ2) is 6.43. The lowest BCUT2D eigenvalue weighted by Gasteiger charge is -2.10. The van der Waals surface area contributed by atoms with E-state index in [-0.39, 0.29) is 18.9 Å². The Morgan fingerprint density at radius 3 is 2.75 bits per heavy atom. The second-order valence-corrected chi connectivity index (χ2v) is 4.25. The van der Waals surface area contributed by atoms with Gasteiger partial charge in [-0.1, -0.05) is 24.3 Å². The molecule has 20 heavy (non-hydrogen) atoms. The van der Waals surface area contributed by atoms with Gasteiger partial charge in [0.05, 0.1) is 12.5 Å². The van der Waals surface area contributed by atoms with Gasteiger partial charge in [-0.2, -0.15) is 5.26 Å². The molecule has 0 unspecified atom stereocenters.